The van der Waals surface area contributed by atoms with Crippen LogP contribution in [0.3, 0.4) is 0 Å². The molecule has 0 aliphatic carbocycles. The van der Waals surface area contributed by atoms with E-state index in [1.54, 1.807) is 14.2 Å². The average Bonchev–Trinajstić information content (AvgIpc) is 2.00. The highest BCUT2D eigenvalue weighted by atomic mass is 28.4. The number of rotatable bonds is 5. The van der Waals surface area contributed by atoms with Crippen LogP contribution in [-0.2, 0) is 8.85 Å². The zero-order valence-electron chi connectivity index (χ0n) is 6.81. The third-order valence-electron chi connectivity index (χ3n) is 1.61. The second-order valence-electron chi connectivity index (χ2n) is 2.28. The van der Waals surface area contributed by atoms with Gasteiger partial charge in [0.05, 0.1) is 0 Å². The highest BCUT2D eigenvalue weighted by Gasteiger charge is 2.27. The van der Waals surface area contributed by atoms with Crippen LogP contribution < -0.4 is 0 Å². The number of hydrogen-bond donors (Lipinski definition) is 1. The molecule has 0 saturated carbocycles. The molecule has 0 rings (SSSR count). The van der Waals surface area contributed by atoms with Crippen LogP contribution >= 0.6 is 0 Å². The van der Waals surface area contributed by atoms with Crippen LogP contribution in [-0.4, -0.2) is 29.0 Å². The predicted octanol–water partition coefficient (Wildman–Crippen LogP) is 1.39. The smallest absolute Gasteiger partial charge is 0.334 e. The van der Waals surface area contributed by atoms with E-state index in [1.807, 2.05) is 6.55 Å². The Hall–Kier alpha value is -0.193. The van der Waals surface area contributed by atoms with E-state index in [0.717, 1.165) is 12.5 Å². The van der Waals surface area contributed by atoms with E-state index >= 15 is 0 Å². The van der Waals surface area contributed by atoms with Crippen LogP contribution in [0.2, 0.25) is 12.6 Å². The first-order valence-electron chi connectivity index (χ1n) is 3.28. The lowest BCUT2D eigenvalue weighted by Crippen LogP contribution is -2.35. The molecule has 0 aromatic rings. The molecular weight excluding hydrogens is 146 g/mol. The molecular formula is C6H15NO2Si. The molecule has 0 unspecified atom stereocenters. The zero-order chi connectivity index (χ0) is 8.04. The first kappa shape index (κ1) is 9.81. The monoisotopic (exact) mass is 161 g/mol. The van der Waals surface area contributed by atoms with E-state index in [2.05, 4.69) is 0 Å². The minimum Gasteiger partial charge on any atom is -0.398 e. The van der Waals surface area contributed by atoms with Crippen molar-refractivity contribution in [3.63, 3.8) is 0 Å². The van der Waals surface area contributed by atoms with E-state index in [4.69, 9.17) is 14.3 Å². The molecule has 0 amide bonds. The molecule has 0 aromatic heterocycles. The summed E-state index contributed by atoms with van der Waals surface area (Å²) in [6.45, 7) is 2.00. The summed E-state index contributed by atoms with van der Waals surface area (Å²) < 4.78 is 10.4. The minimum atomic E-state index is -1.87. The largest absolute Gasteiger partial charge is 0.398 e. The molecule has 0 bridgehead atoms. The van der Waals surface area contributed by atoms with Gasteiger partial charge in [-0.15, -0.1) is 0 Å². The molecule has 0 aliphatic heterocycles. The van der Waals surface area contributed by atoms with Crippen molar-refractivity contribution in [2.75, 3.05) is 14.2 Å². The molecule has 4 heteroatoms. The van der Waals surface area contributed by atoms with Crippen LogP contribution in [0.4, 0.5) is 0 Å². The Morgan fingerprint density at radius 2 is 1.90 bits per heavy atom. The van der Waals surface area contributed by atoms with Gasteiger partial charge in [0.2, 0.25) is 0 Å². The van der Waals surface area contributed by atoms with Gasteiger partial charge in [-0.1, -0.05) is 0 Å². The van der Waals surface area contributed by atoms with Gasteiger partial charge >= 0.3 is 8.56 Å². The standard InChI is InChI=1S/C6H15NO2Si/c1-8-10(3,9-2)6-4-5-7/h5,7H,4,6H2,1-3H3. The van der Waals surface area contributed by atoms with Crippen molar-refractivity contribution in [3.05, 3.63) is 0 Å². The molecule has 0 aromatic carbocycles. The van der Waals surface area contributed by atoms with Gasteiger partial charge in [-0.25, -0.2) is 0 Å². The Kier molecular flexibility index (Phi) is 4.51. The van der Waals surface area contributed by atoms with Gasteiger partial charge < -0.3 is 14.3 Å². The van der Waals surface area contributed by atoms with Gasteiger partial charge in [-0.05, 0) is 25.2 Å². The summed E-state index contributed by atoms with van der Waals surface area (Å²) in [7, 11) is 1.46. The van der Waals surface area contributed by atoms with Crippen molar-refractivity contribution in [1.82, 2.24) is 0 Å². The van der Waals surface area contributed by atoms with Crippen molar-refractivity contribution < 1.29 is 8.85 Å². The van der Waals surface area contributed by atoms with Crippen molar-refractivity contribution in [3.8, 4) is 0 Å². The van der Waals surface area contributed by atoms with E-state index in [9.17, 15) is 0 Å². The van der Waals surface area contributed by atoms with Gasteiger partial charge in [0.15, 0.2) is 0 Å². The molecule has 0 fully saturated rings. The van der Waals surface area contributed by atoms with Crippen molar-refractivity contribution in [2.45, 2.75) is 19.0 Å². The Morgan fingerprint density at radius 1 is 1.40 bits per heavy atom. The molecule has 0 saturated heterocycles. The number of hydrogen-bond acceptors (Lipinski definition) is 3. The molecule has 0 atom stereocenters. The van der Waals surface area contributed by atoms with Crippen molar-refractivity contribution in [2.24, 2.45) is 0 Å². The van der Waals surface area contributed by atoms with Crippen LogP contribution in [0.5, 0.6) is 0 Å². The lowest BCUT2D eigenvalue weighted by atomic mass is 10.5. The third-order valence-corrected chi connectivity index (χ3v) is 4.53. The fourth-order valence-electron chi connectivity index (χ4n) is 0.622. The Balaban J connectivity index is 3.68. The quantitative estimate of drug-likeness (QED) is 0.489. The summed E-state index contributed by atoms with van der Waals surface area (Å²) in [5, 5.41) is 6.82. The summed E-state index contributed by atoms with van der Waals surface area (Å²) in [6.07, 6.45) is 2.15. The fraction of sp³-hybridized carbons (Fsp3) is 0.833. The van der Waals surface area contributed by atoms with E-state index in [1.165, 1.54) is 6.21 Å². The van der Waals surface area contributed by atoms with Crippen molar-refractivity contribution in [1.29, 1.82) is 5.41 Å². The SMILES string of the molecule is CO[Si](C)(CCC=N)OC. The van der Waals surface area contributed by atoms with Gasteiger partial charge in [0.1, 0.15) is 0 Å². The second kappa shape index (κ2) is 4.60. The predicted molar refractivity (Wildman–Crippen MR) is 43.8 cm³/mol. The molecule has 0 radical (unpaired) electrons. The van der Waals surface area contributed by atoms with Crippen LogP contribution in [0, 0.1) is 5.41 Å². The lowest BCUT2D eigenvalue weighted by Gasteiger charge is -2.21. The lowest BCUT2D eigenvalue weighted by molar-refractivity contribution is 0.250. The molecule has 0 aliphatic rings. The van der Waals surface area contributed by atoms with E-state index in [0.29, 0.717) is 0 Å². The van der Waals surface area contributed by atoms with Gasteiger partial charge in [0, 0.05) is 14.2 Å². The minimum absolute atomic E-state index is 0.754. The van der Waals surface area contributed by atoms with Gasteiger partial charge in [-0.3, -0.25) is 0 Å². The van der Waals surface area contributed by atoms with E-state index in [-0.39, 0.29) is 0 Å². The van der Waals surface area contributed by atoms with Crippen LogP contribution in [0.1, 0.15) is 6.42 Å². The number of nitrogens with one attached hydrogen (secondary N) is 1. The third kappa shape index (κ3) is 3.10. The Labute approximate surface area is 63.1 Å². The molecule has 1 N–H and O–H groups in total. The van der Waals surface area contributed by atoms with Gasteiger partial charge in [0.25, 0.3) is 0 Å². The average molecular weight is 161 g/mol. The topological polar surface area (TPSA) is 42.3 Å². The molecule has 0 spiro atoms. The summed E-state index contributed by atoms with van der Waals surface area (Å²) >= 11 is 0. The summed E-state index contributed by atoms with van der Waals surface area (Å²) in [4.78, 5) is 0. The summed E-state index contributed by atoms with van der Waals surface area (Å²) in [6, 6.07) is 0.865. The van der Waals surface area contributed by atoms with Gasteiger partial charge in [-0.2, -0.15) is 0 Å². The maximum Gasteiger partial charge on any atom is 0.334 e. The second-order valence-corrected chi connectivity index (χ2v) is 5.87. The summed E-state index contributed by atoms with van der Waals surface area (Å²) in [5.41, 5.74) is 0. The highest BCUT2D eigenvalue weighted by molar-refractivity contribution is 6.66. The van der Waals surface area contributed by atoms with Crippen molar-refractivity contribution >= 4 is 14.8 Å². The first-order valence-corrected chi connectivity index (χ1v) is 5.80. The highest BCUT2D eigenvalue weighted by Crippen LogP contribution is 2.11. The molecule has 60 valence electrons. The Bertz CT molecular complexity index is 104. The summed E-state index contributed by atoms with van der Waals surface area (Å²) in [5.74, 6) is 0. The van der Waals surface area contributed by atoms with E-state index < -0.39 is 8.56 Å². The zero-order valence-corrected chi connectivity index (χ0v) is 7.81. The molecule has 10 heavy (non-hydrogen) atoms. The first-order chi connectivity index (χ1) is 4.68. The normalized spacial score (nSPS) is 11.5. The maximum atomic E-state index is 6.82. The molecule has 0 heterocycles. The fourth-order valence-corrected chi connectivity index (χ4v) is 1.87. The van der Waals surface area contributed by atoms with Crippen LogP contribution in [0.15, 0.2) is 0 Å². The Morgan fingerprint density at radius 3 is 2.20 bits per heavy atom. The van der Waals surface area contributed by atoms with Crippen LogP contribution in [0.25, 0.3) is 0 Å². The maximum absolute atomic E-state index is 6.82. The molecule has 3 nitrogen and oxygen atoms in total.